The van der Waals surface area contributed by atoms with Crippen LogP contribution in [0.15, 0.2) is 0 Å². The second-order valence-electron chi connectivity index (χ2n) is 3.17. The molecule has 0 aromatic carbocycles. The van der Waals surface area contributed by atoms with Crippen molar-refractivity contribution in [2.75, 3.05) is 13.1 Å². The first-order valence-electron chi connectivity index (χ1n) is 3.73. The number of guanidine groups is 1. The first kappa shape index (κ1) is 8.04. The first-order chi connectivity index (χ1) is 5.09. The van der Waals surface area contributed by atoms with Crippen LogP contribution in [0.2, 0.25) is 0 Å². The summed E-state index contributed by atoms with van der Waals surface area (Å²) in [6, 6.07) is 0. The minimum Gasteiger partial charge on any atom is -0.333 e. The first-order valence-corrected chi connectivity index (χ1v) is 3.73. The van der Waals surface area contributed by atoms with Crippen molar-refractivity contribution in [1.29, 1.82) is 5.41 Å². The molecule has 62 valence electrons. The average molecular weight is 155 g/mol. The second kappa shape index (κ2) is 2.90. The molecule has 0 aliphatic carbocycles. The van der Waals surface area contributed by atoms with Gasteiger partial charge in [-0.15, -0.1) is 0 Å². The van der Waals surface area contributed by atoms with E-state index in [0.717, 1.165) is 6.54 Å². The number of nitrogens with zero attached hydrogens (tertiary/aromatic N) is 1. The molecule has 0 radical (unpaired) electrons. The zero-order valence-corrected chi connectivity index (χ0v) is 6.85. The number of nitrogens with one attached hydrogen (secondary N) is 2. The molecule has 0 atom stereocenters. The molecule has 0 saturated carbocycles. The molecule has 0 aromatic heterocycles. The lowest BCUT2D eigenvalue weighted by atomic mass is 10.2. The van der Waals surface area contributed by atoms with Gasteiger partial charge in [0.2, 0.25) is 5.91 Å². The highest BCUT2D eigenvalue weighted by Crippen LogP contribution is 2.01. The van der Waals surface area contributed by atoms with Gasteiger partial charge in [-0.2, -0.15) is 0 Å². The van der Waals surface area contributed by atoms with Gasteiger partial charge in [0.25, 0.3) is 0 Å². The van der Waals surface area contributed by atoms with Crippen molar-refractivity contribution in [3.63, 3.8) is 0 Å². The monoisotopic (exact) mass is 155 g/mol. The van der Waals surface area contributed by atoms with Crippen molar-refractivity contribution in [3.8, 4) is 0 Å². The van der Waals surface area contributed by atoms with Gasteiger partial charge in [0.05, 0.1) is 0 Å². The summed E-state index contributed by atoms with van der Waals surface area (Å²) in [5.41, 5.74) is 0. The van der Waals surface area contributed by atoms with Crippen LogP contribution in [0.1, 0.15) is 13.8 Å². The summed E-state index contributed by atoms with van der Waals surface area (Å²) in [6.07, 6.45) is 0. The van der Waals surface area contributed by atoms with Gasteiger partial charge in [-0.05, 0) is 5.92 Å². The Labute approximate surface area is 66.1 Å². The second-order valence-corrected chi connectivity index (χ2v) is 3.17. The molecule has 1 heterocycles. The van der Waals surface area contributed by atoms with Crippen LogP contribution < -0.4 is 5.32 Å². The van der Waals surface area contributed by atoms with Gasteiger partial charge in [0, 0.05) is 6.54 Å². The summed E-state index contributed by atoms with van der Waals surface area (Å²) in [7, 11) is 0. The molecule has 4 heteroatoms. The van der Waals surface area contributed by atoms with Crippen LogP contribution in [0.3, 0.4) is 0 Å². The van der Waals surface area contributed by atoms with E-state index in [0.29, 0.717) is 12.5 Å². The summed E-state index contributed by atoms with van der Waals surface area (Å²) in [4.78, 5) is 12.5. The fraction of sp³-hybridized carbons (Fsp3) is 0.714. The summed E-state index contributed by atoms with van der Waals surface area (Å²) >= 11 is 0. The van der Waals surface area contributed by atoms with E-state index in [4.69, 9.17) is 5.41 Å². The highest BCUT2D eigenvalue weighted by molar-refractivity contribution is 6.02. The molecular formula is C7H13N3O. The van der Waals surface area contributed by atoms with Crippen LogP contribution in [0.25, 0.3) is 0 Å². The standard InChI is InChI=1S/C7H13N3O/c1-5(2)3-10-4-6(11)9-7(10)8/h5H,3-4H2,1-2H3,(H2,8,9,11). The van der Waals surface area contributed by atoms with E-state index in [9.17, 15) is 4.79 Å². The van der Waals surface area contributed by atoms with Crippen LogP contribution >= 0.6 is 0 Å². The molecular weight excluding hydrogens is 142 g/mol. The Kier molecular flexibility index (Phi) is 2.12. The number of hydrogen-bond acceptors (Lipinski definition) is 2. The maximum atomic E-state index is 10.8. The molecule has 4 nitrogen and oxygen atoms in total. The summed E-state index contributed by atoms with van der Waals surface area (Å²) in [5, 5.41) is 9.77. The molecule has 0 bridgehead atoms. The van der Waals surface area contributed by atoms with Gasteiger partial charge in [-0.25, -0.2) is 0 Å². The molecule has 1 aliphatic heterocycles. The summed E-state index contributed by atoms with van der Waals surface area (Å²) in [5.74, 6) is 0.655. The number of carbonyl (C=O) groups excluding carboxylic acids is 1. The van der Waals surface area contributed by atoms with Crippen molar-refractivity contribution in [3.05, 3.63) is 0 Å². The Bertz CT molecular complexity index is 188. The maximum Gasteiger partial charge on any atom is 0.246 e. The molecule has 1 saturated heterocycles. The van der Waals surface area contributed by atoms with Crippen molar-refractivity contribution in [1.82, 2.24) is 10.2 Å². The molecule has 0 unspecified atom stereocenters. The van der Waals surface area contributed by atoms with Crippen LogP contribution in [-0.4, -0.2) is 29.9 Å². The molecule has 1 amide bonds. The minimum atomic E-state index is -0.0735. The van der Waals surface area contributed by atoms with E-state index in [2.05, 4.69) is 19.2 Å². The Morgan fingerprint density at radius 2 is 2.36 bits per heavy atom. The Hall–Kier alpha value is -1.06. The lowest BCUT2D eigenvalue weighted by Gasteiger charge is -2.16. The molecule has 2 N–H and O–H groups in total. The number of hydrogen-bond donors (Lipinski definition) is 2. The van der Waals surface area contributed by atoms with Gasteiger partial charge >= 0.3 is 0 Å². The number of carbonyl (C=O) groups is 1. The summed E-state index contributed by atoms with van der Waals surface area (Å²) < 4.78 is 0. The fourth-order valence-electron chi connectivity index (χ4n) is 1.10. The van der Waals surface area contributed by atoms with Crippen LogP contribution in [0.5, 0.6) is 0 Å². The molecule has 1 aliphatic rings. The third kappa shape index (κ3) is 1.93. The zero-order valence-electron chi connectivity index (χ0n) is 6.85. The SMILES string of the molecule is CC(C)CN1CC(=O)NC1=N. The predicted molar refractivity (Wildman–Crippen MR) is 42.3 cm³/mol. The van der Waals surface area contributed by atoms with Crippen LogP contribution in [0, 0.1) is 11.3 Å². The normalized spacial score (nSPS) is 17.9. The van der Waals surface area contributed by atoms with Crippen molar-refractivity contribution in [2.45, 2.75) is 13.8 Å². The fourth-order valence-corrected chi connectivity index (χ4v) is 1.10. The third-order valence-electron chi connectivity index (χ3n) is 1.49. The average Bonchev–Trinajstić information content (AvgIpc) is 2.09. The van der Waals surface area contributed by atoms with E-state index >= 15 is 0 Å². The van der Waals surface area contributed by atoms with E-state index in [1.807, 2.05) is 0 Å². The Morgan fingerprint density at radius 1 is 1.73 bits per heavy atom. The zero-order chi connectivity index (χ0) is 8.43. The topological polar surface area (TPSA) is 56.2 Å². The van der Waals surface area contributed by atoms with E-state index in [-0.39, 0.29) is 11.9 Å². The lowest BCUT2D eigenvalue weighted by Crippen LogP contribution is -2.32. The third-order valence-corrected chi connectivity index (χ3v) is 1.49. The molecule has 11 heavy (non-hydrogen) atoms. The van der Waals surface area contributed by atoms with Gasteiger partial charge < -0.3 is 4.90 Å². The van der Waals surface area contributed by atoms with Crippen LogP contribution in [0.4, 0.5) is 0 Å². The minimum absolute atomic E-state index is 0.0735. The quantitative estimate of drug-likeness (QED) is 0.590. The number of rotatable bonds is 2. The van der Waals surface area contributed by atoms with Gasteiger partial charge in [0.1, 0.15) is 6.54 Å². The Balaban J connectivity index is 2.47. The van der Waals surface area contributed by atoms with Crippen LogP contribution in [-0.2, 0) is 4.79 Å². The number of amides is 1. The molecule has 0 spiro atoms. The highest BCUT2D eigenvalue weighted by atomic mass is 16.2. The van der Waals surface area contributed by atoms with Gasteiger partial charge in [-0.3, -0.25) is 15.5 Å². The van der Waals surface area contributed by atoms with Crippen molar-refractivity contribution >= 4 is 11.9 Å². The van der Waals surface area contributed by atoms with E-state index in [1.54, 1.807) is 4.90 Å². The van der Waals surface area contributed by atoms with Gasteiger partial charge in [-0.1, -0.05) is 13.8 Å². The van der Waals surface area contributed by atoms with Crippen molar-refractivity contribution < 1.29 is 4.79 Å². The van der Waals surface area contributed by atoms with E-state index < -0.39 is 0 Å². The lowest BCUT2D eigenvalue weighted by molar-refractivity contribution is -0.118. The van der Waals surface area contributed by atoms with Gasteiger partial charge in [0.15, 0.2) is 5.96 Å². The predicted octanol–water partition coefficient (Wildman–Crippen LogP) is 0.00897. The molecule has 1 rings (SSSR count). The van der Waals surface area contributed by atoms with Crippen molar-refractivity contribution in [2.24, 2.45) is 5.92 Å². The van der Waals surface area contributed by atoms with E-state index in [1.165, 1.54) is 0 Å². The molecule has 0 aromatic rings. The molecule has 1 fully saturated rings. The smallest absolute Gasteiger partial charge is 0.246 e. The maximum absolute atomic E-state index is 10.8. The Morgan fingerprint density at radius 3 is 2.73 bits per heavy atom. The summed E-state index contributed by atoms with van der Waals surface area (Å²) in [6.45, 7) is 5.25. The largest absolute Gasteiger partial charge is 0.333 e. The highest BCUT2D eigenvalue weighted by Gasteiger charge is 2.23.